The Bertz CT molecular complexity index is 360. The molecular weight excluding hydrogens is 256 g/mol. The number of hydrogen-bond acceptors (Lipinski definition) is 2. The van der Waals surface area contributed by atoms with Gasteiger partial charge in [-0.1, -0.05) is 0 Å². The molecule has 0 radical (unpaired) electrons. The van der Waals surface area contributed by atoms with Crippen molar-refractivity contribution in [3.8, 4) is 0 Å². The Labute approximate surface area is 120 Å². The van der Waals surface area contributed by atoms with Crippen molar-refractivity contribution >= 4 is 12.0 Å². The molecule has 2 fully saturated rings. The zero-order valence-electron chi connectivity index (χ0n) is 12.5. The molecular formula is C15H26N2O3. The van der Waals surface area contributed by atoms with Crippen LogP contribution < -0.4 is 5.32 Å². The van der Waals surface area contributed by atoms with Crippen molar-refractivity contribution in [1.82, 2.24) is 10.2 Å². The van der Waals surface area contributed by atoms with Gasteiger partial charge in [0.2, 0.25) is 0 Å². The Morgan fingerprint density at radius 3 is 2.30 bits per heavy atom. The summed E-state index contributed by atoms with van der Waals surface area (Å²) in [5.41, 5.74) is 0. The molecule has 2 amide bonds. The molecule has 0 aliphatic heterocycles. The third kappa shape index (κ3) is 3.87. The van der Waals surface area contributed by atoms with Crippen molar-refractivity contribution in [1.29, 1.82) is 0 Å². The summed E-state index contributed by atoms with van der Waals surface area (Å²) in [5, 5.41) is 12.0. The SMILES string of the molecule is CC(C1CC1)N(C)C(=O)NCC1CCC(C(=O)O)CC1. The fraction of sp³-hybridized carbons (Fsp3) is 0.867. The molecule has 1 unspecified atom stereocenters. The van der Waals surface area contributed by atoms with Crippen LogP contribution >= 0.6 is 0 Å². The lowest BCUT2D eigenvalue weighted by molar-refractivity contribution is -0.143. The highest BCUT2D eigenvalue weighted by Crippen LogP contribution is 2.34. The van der Waals surface area contributed by atoms with Gasteiger partial charge in [-0.15, -0.1) is 0 Å². The quantitative estimate of drug-likeness (QED) is 0.813. The number of nitrogens with one attached hydrogen (secondary N) is 1. The van der Waals surface area contributed by atoms with E-state index >= 15 is 0 Å². The average molecular weight is 282 g/mol. The molecule has 2 rings (SSSR count). The molecule has 114 valence electrons. The van der Waals surface area contributed by atoms with E-state index in [0.29, 0.717) is 24.4 Å². The first kappa shape index (κ1) is 15.1. The van der Waals surface area contributed by atoms with E-state index in [1.54, 1.807) is 4.90 Å². The lowest BCUT2D eigenvalue weighted by Gasteiger charge is -2.29. The van der Waals surface area contributed by atoms with Crippen LogP contribution in [0.1, 0.15) is 45.4 Å². The summed E-state index contributed by atoms with van der Waals surface area (Å²) < 4.78 is 0. The van der Waals surface area contributed by atoms with Gasteiger partial charge < -0.3 is 15.3 Å². The van der Waals surface area contributed by atoms with Gasteiger partial charge >= 0.3 is 12.0 Å². The second-order valence-corrected chi connectivity index (χ2v) is 6.43. The van der Waals surface area contributed by atoms with E-state index in [1.807, 2.05) is 7.05 Å². The number of rotatable bonds is 5. The van der Waals surface area contributed by atoms with Crippen LogP contribution in [-0.4, -0.2) is 41.6 Å². The highest BCUT2D eigenvalue weighted by Gasteiger charge is 2.32. The second-order valence-electron chi connectivity index (χ2n) is 6.43. The molecule has 2 saturated carbocycles. The molecule has 5 nitrogen and oxygen atoms in total. The van der Waals surface area contributed by atoms with Crippen LogP contribution in [0.15, 0.2) is 0 Å². The van der Waals surface area contributed by atoms with Crippen LogP contribution in [-0.2, 0) is 4.79 Å². The minimum absolute atomic E-state index is 0.00441. The number of nitrogens with zero attached hydrogens (tertiary/aromatic N) is 1. The van der Waals surface area contributed by atoms with Gasteiger partial charge in [-0.05, 0) is 57.3 Å². The van der Waals surface area contributed by atoms with E-state index in [2.05, 4.69) is 12.2 Å². The monoisotopic (exact) mass is 282 g/mol. The molecule has 0 bridgehead atoms. The van der Waals surface area contributed by atoms with Crippen molar-refractivity contribution in [2.45, 2.75) is 51.5 Å². The number of carboxylic acids is 1. The fourth-order valence-corrected chi connectivity index (χ4v) is 3.05. The number of urea groups is 1. The first-order valence-electron chi connectivity index (χ1n) is 7.72. The Kier molecular flexibility index (Phi) is 4.89. The Morgan fingerprint density at radius 1 is 1.20 bits per heavy atom. The van der Waals surface area contributed by atoms with Gasteiger partial charge in [-0.3, -0.25) is 4.79 Å². The van der Waals surface area contributed by atoms with Crippen LogP contribution in [0, 0.1) is 17.8 Å². The third-order valence-electron chi connectivity index (χ3n) is 4.97. The standard InChI is InChI=1S/C15H26N2O3/c1-10(12-7-8-12)17(2)15(20)16-9-11-3-5-13(6-4-11)14(18)19/h10-13H,3-9H2,1-2H3,(H,16,20)(H,18,19). The lowest BCUT2D eigenvalue weighted by Crippen LogP contribution is -2.45. The lowest BCUT2D eigenvalue weighted by atomic mass is 9.82. The summed E-state index contributed by atoms with van der Waals surface area (Å²) in [5.74, 6) is 0.251. The van der Waals surface area contributed by atoms with Gasteiger partial charge in [0.25, 0.3) is 0 Å². The number of carbonyl (C=O) groups is 2. The predicted molar refractivity (Wildman–Crippen MR) is 76.4 cm³/mol. The summed E-state index contributed by atoms with van der Waals surface area (Å²) in [4.78, 5) is 24.7. The van der Waals surface area contributed by atoms with Crippen molar-refractivity contribution < 1.29 is 14.7 Å². The summed E-state index contributed by atoms with van der Waals surface area (Å²) in [6.07, 6.45) is 5.75. The number of carboxylic acid groups (broad SMARTS) is 1. The predicted octanol–water partition coefficient (Wildman–Crippen LogP) is 2.32. The molecule has 0 aromatic heterocycles. The van der Waals surface area contributed by atoms with Crippen LogP contribution in [0.3, 0.4) is 0 Å². The molecule has 2 N–H and O–H groups in total. The second kappa shape index (κ2) is 6.46. The van der Waals surface area contributed by atoms with Crippen molar-refractivity contribution in [2.75, 3.05) is 13.6 Å². The first-order valence-corrected chi connectivity index (χ1v) is 7.72. The summed E-state index contributed by atoms with van der Waals surface area (Å²) in [7, 11) is 1.86. The molecule has 0 saturated heterocycles. The number of aliphatic carboxylic acids is 1. The highest BCUT2D eigenvalue weighted by atomic mass is 16.4. The molecule has 0 spiro atoms. The molecule has 2 aliphatic rings. The van der Waals surface area contributed by atoms with E-state index in [4.69, 9.17) is 5.11 Å². The number of hydrogen-bond donors (Lipinski definition) is 2. The minimum Gasteiger partial charge on any atom is -0.481 e. The van der Waals surface area contributed by atoms with Gasteiger partial charge in [0, 0.05) is 19.6 Å². The zero-order chi connectivity index (χ0) is 14.7. The van der Waals surface area contributed by atoms with Crippen LogP contribution in [0.2, 0.25) is 0 Å². The Hall–Kier alpha value is -1.26. The van der Waals surface area contributed by atoms with Crippen molar-refractivity contribution in [2.24, 2.45) is 17.8 Å². The first-order chi connectivity index (χ1) is 9.49. The highest BCUT2D eigenvalue weighted by molar-refractivity contribution is 5.74. The van der Waals surface area contributed by atoms with Gasteiger partial charge in [0.15, 0.2) is 0 Å². The maximum Gasteiger partial charge on any atom is 0.317 e. The largest absolute Gasteiger partial charge is 0.481 e. The smallest absolute Gasteiger partial charge is 0.317 e. The minimum atomic E-state index is -0.675. The fourth-order valence-electron chi connectivity index (χ4n) is 3.05. The Morgan fingerprint density at radius 2 is 1.80 bits per heavy atom. The molecule has 2 aliphatic carbocycles. The van der Waals surface area contributed by atoms with Gasteiger partial charge in [-0.25, -0.2) is 4.79 Å². The number of amides is 2. The van der Waals surface area contributed by atoms with Crippen LogP contribution in [0.5, 0.6) is 0 Å². The van der Waals surface area contributed by atoms with Crippen molar-refractivity contribution in [3.05, 3.63) is 0 Å². The van der Waals surface area contributed by atoms with Gasteiger partial charge in [0.1, 0.15) is 0 Å². The zero-order valence-corrected chi connectivity index (χ0v) is 12.5. The van der Waals surface area contributed by atoms with E-state index in [9.17, 15) is 9.59 Å². The molecule has 0 heterocycles. The normalized spacial score (nSPS) is 27.7. The number of carbonyl (C=O) groups excluding carboxylic acids is 1. The topological polar surface area (TPSA) is 69.6 Å². The third-order valence-corrected chi connectivity index (χ3v) is 4.97. The molecule has 5 heteroatoms. The van der Waals surface area contributed by atoms with E-state index < -0.39 is 5.97 Å². The summed E-state index contributed by atoms with van der Waals surface area (Å²) >= 11 is 0. The van der Waals surface area contributed by atoms with Crippen molar-refractivity contribution in [3.63, 3.8) is 0 Å². The molecule has 0 aromatic rings. The molecule has 0 aromatic carbocycles. The summed E-state index contributed by atoms with van der Waals surface area (Å²) in [6, 6.07) is 0.322. The molecule has 1 atom stereocenters. The average Bonchev–Trinajstić information content (AvgIpc) is 3.28. The van der Waals surface area contributed by atoms with Gasteiger partial charge in [0.05, 0.1) is 5.92 Å². The maximum atomic E-state index is 12.1. The van der Waals surface area contributed by atoms with Crippen LogP contribution in [0.4, 0.5) is 4.79 Å². The Balaban J connectivity index is 1.67. The molecule has 20 heavy (non-hydrogen) atoms. The van der Waals surface area contributed by atoms with E-state index in [-0.39, 0.29) is 11.9 Å². The van der Waals surface area contributed by atoms with Crippen LogP contribution in [0.25, 0.3) is 0 Å². The van der Waals surface area contributed by atoms with E-state index in [1.165, 1.54) is 12.8 Å². The van der Waals surface area contributed by atoms with Gasteiger partial charge in [-0.2, -0.15) is 0 Å². The van der Waals surface area contributed by atoms with E-state index in [0.717, 1.165) is 25.7 Å². The summed E-state index contributed by atoms with van der Waals surface area (Å²) in [6.45, 7) is 2.78. The maximum absolute atomic E-state index is 12.1.